The van der Waals surface area contributed by atoms with Gasteiger partial charge >= 0.3 is 0 Å². The molecule has 1 fully saturated rings. The molecule has 2 rings (SSSR count). The minimum absolute atomic E-state index is 0.0119. The third-order valence-electron chi connectivity index (χ3n) is 4.12. The summed E-state index contributed by atoms with van der Waals surface area (Å²) in [5.74, 6) is 0.0913. The summed E-state index contributed by atoms with van der Waals surface area (Å²) in [6.07, 6.45) is 4.36. The number of nitrogens with one attached hydrogen (secondary N) is 1. The molecule has 0 saturated carbocycles. The van der Waals surface area contributed by atoms with Crippen LogP contribution in [0, 0.1) is 5.92 Å². The molecule has 1 unspecified atom stereocenters. The van der Waals surface area contributed by atoms with E-state index in [9.17, 15) is 4.79 Å². The van der Waals surface area contributed by atoms with Crippen molar-refractivity contribution in [2.75, 3.05) is 25.0 Å². The molecule has 1 aromatic carbocycles. The summed E-state index contributed by atoms with van der Waals surface area (Å²) in [7, 11) is 0. The summed E-state index contributed by atoms with van der Waals surface area (Å²) in [6.45, 7) is 6.02. The third kappa shape index (κ3) is 5.14. The van der Waals surface area contributed by atoms with Gasteiger partial charge in [-0.3, -0.25) is 9.69 Å². The van der Waals surface area contributed by atoms with Gasteiger partial charge in [0, 0.05) is 18.2 Å². The number of hydrogen-bond donors (Lipinski definition) is 2. The lowest BCUT2D eigenvalue weighted by atomic mass is 10.0. The van der Waals surface area contributed by atoms with Crippen LogP contribution in [0.15, 0.2) is 24.3 Å². The Kier molecular flexibility index (Phi) is 6.21. The minimum atomic E-state index is 0.0119. The number of benzene rings is 1. The SMILES string of the molecule is CC(CCCN)C(=O)Nc1ccc(CN2CCCC2)cc1. The molecule has 0 aromatic heterocycles. The predicted octanol–water partition coefficient (Wildman–Crippen LogP) is 2.60. The summed E-state index contributed by atoms with van der Waals surface area (Å²) in [4.78, 5) is 14.5. The highest BCUT2D eigenvalue weighted by Crippen LogP contribution is 2.16. The number of likely N-dealkylation sites (tertiary alicyclic amines) is 1. The van der Waals surface area contributed by atoms with Gasteiger partial charge < -0.3 is 11.1 Å². The topological polar surface area (TPSA) is 58.4 Å². The van der Waals surface area contributed by atoms with Gasteiger partial charge in [-0.2, -0.15) is 0 Å². The van der Waals surface area contributed by atoms with Crippen LogP contribution in [0.2, 0.25) is 0 Å². The fraction of sp³-hybridized carbons (Fsp3) is 0.588. The van der Waals surface area contributed by atoms with Gasteiger partial charge in [-0.1, -0.05) is 19.1 Å². The van der Waals surface area contributed by atoms with E-state index in [0.717, 1.165) is 25.1 Å². The Bertz CT molecular complexity index is 438. The number of amides is 1. The Morgan fingerprint density at radius 3 is 2.57 bits per heavy atom. The minimum Gasteiger partial charge on any atom is -0.330 e. The van der Waals surface area contributed by atoms with Crippen molar-refractivity contribution in [1.29, 1.82) is 0 Å². The Hall–Kier alpha value is -1.39. The van der Waals surface area contributed by atoms with Gasteiger partial charge in [-0.25, -0.2) is 0 Å². The lowest BCUT2D eigenvalue weighted by Gasteiger charge is -2.15. The Morgan fingerprint density at radius 2 is 1.95 bits per heavy atom. The summed E-state index contributed by atoms with van der Waals surface area (Å²) in [6, 6.07) is 8.22. The molecule has 4 nitrogen and oxygen atoms in total. The first-order valence-electron chi connectivity index (χ1n) is 8.01. The van der Waals surface area contributed by atoms with Crippen LogP contribution in [0.25, 0.3) is 0 Å². The molecule has 1 heterocycles. The molecule has 1 amide bonds. The summed E-state index contributed by atoms with van der Waals surface area (Å²) >= 11 is 0. The average molecular weight is 289 g/mol. The lowest BCUT2D eigenvalue weighted by molar-refractivity contribution is -0.119. The molecular formula is C17H27N3O. The van der Waals surface area contributed by atoms with E-state index in [2.05, 4.69) is 22.3 Å². The molecule has 4 heteroatoms. The van der Waals surface area contributed by atoms with Gasteiger partial charge in [0.15, 0.2) is 0 Å². The largest absolute Gasteiger partial charge is 0.330 e. The van der Waals surface area contributed by atoms with Gasteiger partial charge in [-0.15, -0.1) is 0 Å². The van der Waals surface area contributed by atoms with Crippen LogP contribution in [0.5, 0.6) is 0 Å². The number of carbonyl (C=O) groups excluding carboxylic acids is 1. The molecule has 3 N–H and O–H groups in total. The van der Waals surface area contributed by atoms with Crippen LogP contribution in [-0.4, -0.2) is 30.4 Å². The molecule has 1 aromatic rings. The zero-order valence-corrected chi connectivity index (χ0v) is 13.0. The van der Waals surface area contributed by atoms with E-state index in [-0.39, 0.29) is 11.8 Å². The molecule has 21 heavy (non-hydrogen) atoms. The number of carbonyl (C=O) groups is 1. The maximum absolute atomic E-state index is 12.0. The first-order valence-corrected chi connectivity index (χ1v) is 8.01. The summed E-state index contributed by atoms with van der Waals surface area (Å²) in [5, 5.41) is 2.98. The van der Waals surface area contributed by atoms with E-state index in [1.807, 2.05) is 19.1 Å². The van der Waals surface area contributed by atoms with Crippen molar-refractivity contribution in [3.63, 3.8) is 0 Å². The molecule has 0 radical (unpaired) electrons. The first-order chi connectivity index (χ1) is 10.2. The first kappa shape index (κ1) is 16.0. The van der Waals surface area contributed by atoms with Gasteiger partial charge in [0.05, 0.1) is 0 Å². The Morgan fingerprint density at radius 1 is 1.29 bits per heavy atom. The van der Waals surface area contributed by atoms with Gasteiger partial charge in [0.1, 0.15) is 0 Å². The molecule has 1 aliphatic rings. The van der Waals surface area contributed by atoms with Gasteiger partial charge in [0.25, 0.3) is 0 Å². The van der Waals surface area contributed by atoms with E-state index in [4.69, 9.17) is 5.73 Å². The van der Waals surface area contributed by atoms with E-state index in [1.54, 1.807) is 0 Å². The maximum atomic E-state index is 12.0. The molecule has 1 atom stereocenters. The zero-order valence-electron chi connectivity index (χ0n) is 13.0. The highest BCUT2D eigenvalue weighted by Gasteiger charge is 2.13. The molecule has 116 valence electrons. The molecule has 0 spiro atoms. The molecule has 0 bridgehead atoms. The van der Waals surface area contributed by atoms with Crippen molar-refractivity contribution in [1.82, 2.24) is 4.90 Å². The van der Waals surface area contributed by atoms with Crippen LogP contribution < -0.4 is 11.1 Å². The van der Waals surface area contributed by atoms with Crippen LogP contribution >= 0.6 is 0 Å². The third-order valence-corrected chi connectivity index (χ3v) is 4.12. The number of hydrogen-bond acceptors (Lipinski definition) is 3. The Labute approximate surface area is 127 Å². The second-order valence-electron chi connectivity index (χ2n) is 6.00. The number of anilines is 1. The number of rotatable bonds is 7. The average Bonchev–Trinajstić information content (AvgIpc) is 2.99. The highest BCUT2D eigenvalue weighted by molar-refractivity contribution is 5.92. The van der Waals surface area contributed by atoms with E-state index < -0.39 is 0 Å². The second-order valence-corrected chi connectivity index (χ2v) is 6.00. The Balaban J connectivity index is 1.82. The van der Waals surface area contributed by atoms with Crippen molar-refractivity contribution in [2.45, 2.75) is 39.2 Å². The fourth-order valence-corrected chi connectivity index (χ4v) is 2.71. The molecule has 1 saturated heterocycles. The standard InChI is InChI=1S/C17H27N3O/c1-14(5-4-10-18)17(21)19-16-8-6-15(7-9-16)13-20-11-2-3-12-20/h6-9,14H,2-5,10-13,18H2,1H3,(H,19,21). The normalized spacial score (nSPS) is 16.9. The predicted molar refractivity (Wildman–Crippen MR) is 87.0 cm³/mol. The summed E-state index contributed by atoms with van der Waals surface area (Å²) in [5.41, 5.74) is 7.67. The molecule has 0 aliphatic carbocycles. The van der Waals surface area contributed by atoms with Crippen LogP contribution in [0.1, 0.15) is 38.2 Å². The molecular weight excluding hydrogens is 262 g/mol. The lowest BCUT2D eigenvalue weighted by Crippen LogP contribution is -2.21. The second kappa shape index (κ2) is 8.15. The van der Waals surface area contributed by atoms with Crippen molar-refractivity contribution in [3.05, 3.63) is 29.8 Å². The fourth-order valence-electron chi connectivity index (χ4n) is 2.71. The van der Waals surface area contributed by atoms with Crippen LogP contribution in [0.3, 0.4) is 0 Å². The van der Waals surface area contributed by atoms with Crippen molar-refractivity contribution >= 4 is 11.6 Å². The van der Waals surface area contributed by atoms with E-state index in [0.29, 0.717) is 6.54 Å². The molecule has 1 aliphatic heterocycles. The van der Waals surface area contributed by atoms with E-state index >= 15 is 0 Å². The van der Waals surface area contributed by atoms with Crippen molar-refractivity contribution in [3.8, 4) is 0 Å². The monoisotopic (exact) mass is 289 g/mol. The smallest absolute Gasteiger partial charge is 0.227 e. The van der Waals surface area contributed by atoms with Crippen molar-refractivity contribution in [2.24, 2.45) is 11.7 Å². The van der Waals surface area contributed by atoms with E-state index in [1.165, 1.54) is 31.5 Å². The number of nitrogens with two attached hydrogens (primary N) is 1. The zero-order chi connectivity index (χ0) is 15.1. The quantitative estimate of drug-likeness (QED) is 0.811. The highest BCUT2D eigenvalue weighted by atomic mass is 16.1. The van der Waals surface area contributed by atoms with Crippen LogP contribution in [0.4, 0.5) is 5.69 Å². The maximum Gasteiger partial charge on any atom is 0.227 e. The van der Waals surface area contributed by atoms with Gasteiger partial charge in [-0.05, 0) is 63.0 Å². The summed E-state index contributed by atoms with van der Waals surface area (Å²) < 4.78 is 0. The van der Waals surface area contributed by atoms with Crippen LogP contribution in [-0.2, 0) is 11.3 Å². The number of nitrogens with zero attached hydrogens (tertiary/aromatic N) is 1. The van der Waals surface area contributed by atoms with Crippen molar-refractivity contribution < 1.29 is 4.79 Å². The van der Waals surface area contributed by atoms with Gasteiger partial charge in [0.2, 0.25) is 5.91 Å².